The average Bonchev–Trinajstić information content (AvgIpc) is 2.88. The zero-order valence-corrected chi connectivity index (χ0v) is 20.3. The highest BCUT2D eigenvalue weighted by atomic mass is 16.5. The molecule has 182 valence electrons. The van der Waals surface area contributed by atoms with Gasteiger partial charge in [-0.3, -0.25) is 14.5 Å². The van der Waals surface area contributed by atoms with Crippen molar-refractivity contribution in [3.05, 3.63) is 59.7 Å². The predicted octanol–water partition coefficient (Wildman–Crippen LogP) is 1.95. The van der Waals surface area contributed by atoms with E-state index in [0.29, 0.717) is 45.0 Å². The molecule has 0 aliphatic carbocycles. The number of amides is 2. The summed E-state index contributed by atoms with van der Waals surface area (Å²) in [7, 11) is 5.12. The number of likely N-dealkylation sites (N-methyl/N-ethyl adjacent to an activating group) is 1. The Morgan fingerprint density at radius 1 is 1.00 bits per heavy atom. The number of ether oxygens (including phenoxy) is 2. The zero-order valence-electron chi connectivity index (χ0n) is 20.3. The molecule has 1 atom stereocenters. The van der Waals surface area contributed by atoms with Crippen LogP contribution in [0, 0.1) is 0 Å². The number of anilines is 1. The SMILES string of the molecule is COc1ccc(N2CCN(C(=O)c3ccccc3CN3CCOCC3)[C@H](C(=O)N(C)C)C2)cc1. The van der Waals surface area contributed by atoms with Crippen LogP contribution in [0.3, 0.4) is 0 Å². The van der Waals surface area contributed by atoms with E-state index in [4.69, 9.17) is 9.47 Å². The summed E-state index contributed by atoms with van der Waals surface area (Å²) in [5, 5.41) is 0. The van der Waals surface area contributed by atoms with E-state index >= 15 is 0 Å². The standard InChI is InChI=1S/C26H34N4O4/c1-27(2)26(32)24-19-29(21-8-10-22(33-3)11-9-21)12-13-30(24)25(31)23-7-5-4-6-20(23)18-28-14-16-34-17-15-28/h4-11,24H,12-19H2,1-3H3/t24-/m0/s1. The minimum Gasteiger partial charge on any atom is -0.497 e. The van der Waals surface area contributed by atoms with Gasteiger partial charge in [0.25, 0.3) is 5.91 Å². The van der Waals surface area contributed by atoms with Gasteiger partial charge in [-0.2, -0.15) is 0 Å². The molecule has 2 saturated heterocycles. The average molecular weight is 467 g/mol. The molecular weight excluding hydrogens is 432 g/mol. The Hall–Kier alpha value is -3.10. The second-order valence-corrected chi connectivity index (χ2v) is 8.94. The lowest BCUT2D eigenvalue weighted by Crippen LogP contribution is -2.60. The molecule has 0 radical (unpaired) electrons. The minimum absolute atomic E-state index is 0.0720. The summed E-state index contributed by atoms with van der Waals surface area (Å²) in [6.07, 6.45) is 0. The van der Waals surface area contributed by atoms with Gasteiger partial charge in [0.1, 0.15) is 11.8 Å². The highest BCUT2D eigenvalue weighted by molar-refractivity contribution is 5.99. The van der Waals surface area contributed by atoms with E-state index < -0.39 is 6.04 Å². The predicted molar refractivity (Wildman–Crippen MR) is 131 cm³/mol. The van der Waals surface area contributed by atoms with Crippen molar-refractivity contribution in [2.75, 3.05) is 72.0 Å². The Morgan fingerprint density at radius 2 is 1.71 bits per heavy atom. The van der Waals surface area contributed by atoms with Gasteiger partial charge in [-0.15, -0.1) is 0 Å². The molecule has 8 heteroatoms. The molecule has 2 aliphatic heterocycles. The third-order valence-corrected chi connectivity index (χ3v) is 6.55. The van der Waals surface area contributed by atoms with E-state index in [-0.39, 0.29) is 11.8 Å². The molecule has 0 saturated carbocycles. The quantitative estimate of drug-likeness (QED) is 0.649. The van der Waals surface area contributed by atoms with E-state index in [0.717, 1.165) is 30.1 Å². The Bertz CT molecular complexity index is 989. The minimum atomic E-state index is -0.560. The molecule has 2 amide bonds. The van der Waals surface area contributed by atoms with Crippen LogP contribution in [0.1, 0.15) is 15.9 Å². The van der Waals surface area contributed by atoms with Crippen LogP contribution in [0.25, 0.3) is 0 Å². The maximum absolute atomic E-state index is 13.8. The third-order valence-electron chi connectivity index (χ3n) is 6.55. The number of rotatable bonds is 6. The summed E-state index contributed by atoms with van der Waals surface area (Å²) in [5.74, 6) is 0.631. The number of nitrogens with zero attached hydrogens (tertiary/aromatic N) is 4. The summed E-state index contributed by atoms with van der Waals surface area (Å²) in [6, 6.07) is 15.0. The maximum Gasteiger partial charge on any atom is 0.254 e. The van der Waals surface area contributed by atoms with Crippen LogP contribution in [0.5, 0.6) is 5.75 Å². The van der Waals surface area contributed by atoms with Gasteiger partial charge in [-0.05, 0) is 35.9 Å². The lowest BCUT2D eigenvalue weighted by molar-refractivity contribution is -0.133. The molecule has 34 heavy (non-hydrogen) atoms. The molecule has 2 fully saturated rings. The fourth-order valence-corrected chi connectivity index (χ4v) is 4.58. The highest BCUT2D eigenvalue weighted by Gasteiger charge is 2.37. The summed E-state index contributed by atoms with van der Waals surface area (Å²) >= 11 is 0. The van der Waals surface area contributed by atoms with Gasteiger partial charge in [-0.25, -0.2) is 0 Å². The maximum atomic E-state index is 13.8. The lowest BCUT2D eigenvalue weighted by atomic mass is 10.0. The largest absolute Gasteiger partial charge is 0.497 e. The molecule has 2 aromatic rings. The van der Waals surface area contributed by atoms with E-state index in [1.165, 1.54) is 0 Å². The van der Waals surface area contributed by atoms with Gasteiger partial charge in [-0.1, -0.05) is 18.2 Å². The van der Waals surface area contributed by atoms with Gasteiger partial charge in [0.2, 0.25) is 5.91 Å². The van der Waals surface area contributed by atoms with E-state index in [1.54, 1.807) is 31.0 Å². The van der Waals surface area contributed by atoms with Crippen LogP contribution >= 0.6 is 0 Å². The topological polar surface area (TPSA) is 65.6 Å². The van der Waals surface area contributed by atoms with E-state index in [1.807, 2.05) is 48.5 Å². The highest BCUT2D eigenvalue weighted by Crippen LogP contribution is 2.25. The van der Waals surface area contributed by atoms with Crippen molar-refractivity contribution in [1.29, 1.82) is 0 Å². The van der Waals surface area contributed by atoms with Crippen LogP contribution in [-0.2, 0) is 16.1 Å². The first kappa shape index (κ1) is 24.0. The van der Waals surface area contributed by atoms with Crippen molar-refractivity contribution in [2.45, 2.75) is 12.6 Å². The number of morpholine rings is 1. The summed E-state index contributed by atoms with van der Waals surface area (Å²) in [4.78, 5) is 34.8. The molecule has 0 aromatic heterocycles. The molecule has 0 unspecified atom stereocenters. The van der Waals surface area contributed by atoms with Crippen molar-refractivity contribution < 1.29 is 19.1 Å². The number of benzene rings is 2. The first-order valence-corrected chi connectivity index (χ1v) is 11.8. The lowest BCUT2D eigenvalue weighted by Gasteiger charge is -2.42. The molecule has 2 aliphatic rings. The molecule has 0 bridgehead atoms. The van der Waals surface area contributed by atoms with Crippen molar-refractivity contribution in [2.24, 2.45) is 0 Å². The van der Waals surface area contributed by atoms with Gasteiger partial charge < -0.3 is 24.2 Å². The fraction of sp³-hybridized carbons (Fsp3) is 0.462. The van der Waals surface area contributed by atoms with Crippen LogP contribution in [0.4, 0.5) is 5.69 Å². The number of hydrogen-bond donors (Lipinski definition) is 0. The number of carbonyl (C=O) groups is 2. The fourth-order valence-electron chi connectivity index (χ4n) is 4.58. The Labute approximate surface area is 201 Å². The van der Waals surface area contributed by atoms with E-state index in [2.05, 4.69) is 9.80 Å². The Morgan fingerprint density at radius 3 is 2.38 bits per heavy atom. The van der Waals surface area contributed by atoms with Crippen molar-refractivity contribution >= 4 is 17.5 Å². The summed E-state index contributed by atoms with van der Waals surface area (Å²) in [5.41, 5.74) is 2.67. The van der Waals surface area contributed by atoms with Crippen molar-refractivity contribution in [3.8, 4) is 5.75 Å². The smallest absolute Gasteiger partial charge is 0.254 e. The second-order valence-electron chi connectivity index (χ2n) is 8.94. The van der Waals surface area contributed by atoms with Crippen LogP contribution in [-0.4, -0.2) is 99.7 Å². The Balaban J connectivity index is 1.56. The third kappa shape index (κ3) is 5.34. The van der Waals surface area contributed by atoms with Gasteiger partial charge in [0.05, 0.1) is 20.3 Å². The molecule has 0 spiro atoms. The molecule has 0 N–H and O–H groups in total. The molecule has 8 nitrogen and oxygen atoms in total. The number of carbonyl (C=O) groups excluding carboxylic acids is 2. The number of piperazine rings is 1. The number of methoxy groups -OCH3 is 1. The van der Waals surface area contributed by atoms with Crippen LogP contribution in [0.2, 0.25) is 0 Å². The van der Waals surface area contributed by atoms with Gasteiger partial charge in [0.15, 0.2) is 0 Å². The first-order valence-electron chi connectivity index (χ1n) is 11.8. The zero-order chi connectivity index (χ0) is 24.1. The van der Waals surface area contributed by atoms with E-state index in [9.17, 15) is 9.59 Å². The monoisotopic (exact) mass is 466 g/mol. The van der Waals surface area contributed by atoms with Crippen LogP contribution in [0.15, 0.2) is 48.5 Å². The molecule has 4 rings (SSSR count). The first-order chi connectivity index (χ1) is 16.5. The molecule has 2 heterocycles. The van der Waals surface area contributed by atoms with Crippen molar-refractivity contribution in [3.63, 3.8) is 0 Å². The molecular formula is C26H34N4O4. The second kappa shape index (κ2) is 10.9. The van der Waals surface area contributed by atoms with Gasteiger partial charge >= 0.3 is 0 Å². The van der Waals surface area contributed by atoms with Gasteiger partial charge in [0, 0.05) is 64.6 Å². The Kier molecular flexibility index (Phi) is 7.70. The normalized spacial score (nSPS) is 19.1. The van der Waals surface area contributed by atoms with Crippen LogP contribution < -0.4 is 9.64 Å². The van der Waals surface area contributed by atoms with Crippen molar-refractivity contribution in [1.82, 2.24) is 14.7 Å². The molecule has 2 aromatic carbocycles. The number of hydrogen-bond acceptors (Lipinski definition) is 6. The summed E-state index contributed by atoms with van der Waals surface area (Å²) < 4.78 is 10.7. The summed E-state index contributed by atoms with van der Waals surface area (Å²) in [6.45, 7) is 5.40.